The molecule has 0 saturated carbocycles. The lowest BCUT2D eigenvalue weighted by Crippen LogP contribution is -2.47. The van der Waals surface area contributed by atoms with Crippen LogP contribution < -0.4 is 4.74 Å². The maximum Gasteiger partial charge on any atom is 0.157 e. The first-order valence-electron chi connectivity index (χ1n) is 12.2. The van der Waals surface area contributed by atoms with Gasteiger partial charge in [-0.05, 0) is 44.1 Å². The number of phenolic OH excluding ortho intramolecular Hbond substituents is 2. The second-order valence-electron chi connectivity index (χ2n) is 10.8. The van der Waals surface area contributed by atoms with Crippen molar-refractivity contribution in [3.63, 3.8) is 0 Å². The maximum atomic E-state index is 12.1. The lowest BCUT2D eigenvalue weighted by molar-refractivity contribution is -0.00275. The molecule has 0 amide bonds. The molecule has 1 aliphatic heterocycles. The second kappa shape index (κ2) is 9.37. The standard InChI is InChI=1S/C30H34O5/c1-19-11-12-23-24(20-9-6-5-7-10-20)25-27(34)21(17-31)26(33)22(18-32)28(25)35-30(23,4)15-8-14-29(2,3)16-13-19/h5-10,13-14,17-18,23-24,33-34H,11-12,15-16H2,1-4H3/b14-8+,19-13-/t23-,24-,30+/m1/s1. The Balaban J connectivity index is 2.01. The molecule has 1 aliphatic carbocycles. The van der Waals surface area contributed by atoms with E-state index in [1.807, 2.05) is 37.3 Å². The molecule has 5 nitrogen and oxygen atoms in total. The van der Waals surface area contributed by atoms with E-state index in [1.165, 1.54) is 5.57 Å². The lowest BCUT2D eigenvalue weighted by Gasteiger charge is -2.48. The van der Waals surface area contributed by atoms with Crippen molar-refractivity contribution < 1.29 is 24.5 Å². The van der Waals surface area contributed by atoms with Gasteiger partial charge in [0, 0.05) is 23.8 Å². The molecule has 0 bridgehead atoms. The SMILES string of the molecule is C/C1=C/CC(C)(C)/C=C/C[C@]2(C)Oc3c(C=O)c(O)c(C=O)c(O)c3[C@H](c3ccccc3)[C@H]2CC1. The van der Waals surface area contributed by atoms with E-state index in [0.29, 0.717) is 24.6 Å². The molecule has 0 radical (unpaired) electrons. The Morgan fingerprint density at radius 3 is 2.31 bits per heavy atom. The third-order valence-corrected chi connectivity index (χ3v) is 7.66. The first-order valence-corrected chi connectivity index (χ1v) is 12.2. The van der Waals surface area contributed by atoms with Crippen molar-refractivity contribution in [3.8, 4) is 17.2 Å². The molecule has 2 aromatic carbocycles. The summed E-state index contributed by atoms with van der Waals surface area (Å²) < 4.78 is 6.60. The molecule has 2 aromatic rings. The number of aldehydes is 2. The fraction of sp³-hybridized carbons (Fsp3) is 0.400. The molecule has 2 aliphatic rings. The summed E-state index contributed by atoms with van der Waals surface area (Å²) >= 11 is 0. The zero-order valence-corrected chi connectivity index (χ0v) is 20.9. The minimum absolute atomic E-state index is 0.00772. The van der Waals surface area contributed by atoms with Crippen LogP contribution in [0.5, 0.6) is 17.2 Å². The topological polar surface area (TPSA) is 83.8 Å². The average Bonchev–Trinajstić information content (AvgIpc) is 2.83. The van der Waals surface area contributed by atoms with E-state index in [2.05, 4.69) is 39.0 Å². The fourth-order valence-corrected chi connectivity index (χ4v) is 5.57. The number of fused-ring (bicyclic) bond motifs is 2. The molecule has 4 rings (SSSR count). The predicted octanol–water partition coefficient (Wildman–Crippen LogP) is 6.72. The molecule has 35 heavy (non-hydrogen) atoms. The van der Waals surface area contributed by atoms with Crippen LogP contribution in [0.2, 0.25) is 0 Å². The van der Waals surface area contributed by atoms with Crippen LogP contribution in [-0.2, 0) is 0 Å². The molecule has 2 N–H and O–H groups in total. The molecule has 0 unspecified atom stereocenters. The highest BCUT2D eigenvalue weighted by molar-refractivity contribution is 5.95. The van der Waals surface area contributed by atoms with Crippen molar-refractivity contribution in [3.05, 3.63) is 76.4 Å². The van der Waals surface area contributed by atoms with Gasteiger partial charge >= 0.3 is 0 Å². The summed E-state index contributed by atoms with van der Waals surface area (Å²) in [5.74, 6) is -1.12. The first kappa shape index (κ1) is 24.8. The van der Waals surface area contributed by atoms with E-state index >= 15 is 0 Å². The maximum absolute atomic E-state index is 12.1. The van der Waals surface area contributed by atoms with Gasteiger partial charge in [0.05, 0.1) is 11.1 Å². The van der Waals surface area contributed by atoms with Crippen LogP contribution in [0.3, 0.4) is 0 Å². The van der Waals surface area contributed by atoms with Gasteiger partial charge in [0.2, 0.25) is 0 Å². The highest BCUT2D eigenvalue weighted by atomic mass is 16.5. The Bertz CT molecular complexity index is 1190. The number of aromatic hydroxyl groups is 2. The third kappa shape index (κ3) is 4.52. The van der Waals surface area contributed by atoms with Gasteiger partial charge in [0.15, 0.2) is 12.6 Å². The van der Waals surface area contributed by atoms with E-state index in [1.54, 1.807) is 0 Å². The minimum atomic E-state index is -0.718. The van der Waals surface area contributed by atoms with Crippen LogP contribution in [-0.4, -0.2) is 28.4 Å². The van der Waals surface area contributed by atoms with E-state index < -0.39 is 11.4 Å². The molecule has 0 fully saturated rings. The molecule has 0 saturated heterocycles. The Morgan fingerprint density at radius 1 is 0.971 bits per heavy atom. The molecule has 184 valence electrons. The van der Waals surface area contributed by atoms with Gasteiger partial charge in [0.1, 0.15) is 22.8 Å². The van der Waals surface area contributed by atoms with Crippen molar-refractivity contribution >= 4 is 12.6 Å². The van der Waals surface area contributed by atoms with Crippen LogP contribution in [0.4, 0.5) is 0 Å². The molecular weight excluding hydrogens is 440 g/mol. The minimum Gasteiger partial charge on any atom is -0.507 e. The summed E-state index contributed by atoms with van der Waals surface area (Å²) in [7, 11) is 0. The van der Waals surface area contributed by atoms with Gasteiger partial charge in [-0.1, -0.05) is 68.0 Å². The number of phenols is 2. The summed E-state index contributed by atoms with van der Waals surface area (Å²) in [5, 5.41) is 21.9. The van der Waals surface area contributed by atoms with Crippen LogP contribution in [0.15, 0.2) is 54.1 Å². The van der Waals surface area contributed by atoms with Gasteiger partial charge in [-0.2, -0.15) is 0 Å². The summed E-state index contributed by atoms with van der Waals surface area (Å²) in [6.07, 6.45) is 10.7. The zero-order chi connectivity index (χ0) is 25.4. The van der Waals surface area contributed by atoms with Gasteiger partial charge in [-0.25, -0.2) is 0 Å². The molecule has 1 heterocycles. The van der Waals surface area contributed by atoms with Crippen LogP contribution in [0.1, 0.15) is 91.1 Å². The second-order valence-corrected chi connectivity index (χ2v) is 10.8. The Kier molecular flexibility index (Phi) is 6.63. The van der Waals surface area contributed by atoms with Crippen LogP contribution >= 0.6 is 0 Å². The number of carbonyl (C=O) groups is 2. The van der Waals surface area contributed by atoms with E-state index in [9.17, 15) is 19.8 Å². The molecule has 5 heteroatoms. The van der Waals surface area contributed by atoms with Crippen molar-refractivity contribution in [1.82, 2.24) is 0 Å². The number of benzene rings is 2. The third-order valence-electron chi connectivity index (χ3n) is 7.66. The monoisotopic (exact) mass is 474 g/mol. The predicted molar refractivity (Wildman–Crippen MR) is 137 cm³/mol. The van der Waals surface area contributed by atoms with Gasteiger partial charge in [-0.3, -0.25) is 9.59 Å². The van der Waals surface area contributed by atoms with E-state index in [-0.39, 0.29) is 39.9 Å². The van der Waals surface area contributed by atoms with Crippen molar-refractivity contribution in [2.45, 2.75) is 64.9 Å². The van der Waals surface area contributed by atoms with E-state index in [4.69, 9.17) is 4.74 Å². The molecular formula is C30H34O5. The van der Waals surface area contributed by atoms with Crippen molar-refractivity contribution in [2.24, 2.45) is 11.3 Å². The summed E-state index contributed by atoms with van der Waals surface area (Å²) in [6, 6.07) is 9.82. The van der Waals surface area contributed by atoms with Crippen molar-refractivity contribution in [2.75, 3.05) is 0 Å². The molecule has 0 aromatic heterocycles. The summed E-state index contributed by atoms with van der Waals surface area (Å²) in [5.41, 5.74) is 1.54. The Hall–Kier alpha value is -3.34. The van der Waals surface area contributed by atoms with Gasteiger partial charge in [-0.15, -0.1) is 0 Å². The quantitative estimate of drug-likeness (QED) is 0.381. The van der Waals surface area contributed by atoms with Crippen LogP contribution in [0, 0.1) is 11.3 Å². The number of hydrogen-bond donors (Lipinski definition) is 2. The largest absolute Gasteiger partial charge is 0.507 e. The van der Waals surface area contributed by atoms with E-state index in [0.717, 1.165) is 24.8 Å². The lowest BCUT2D eigenvalue weighted by atomic mass is 9.66. The Labute approximate surface area is 207 Å². The summed E-state index contributed by atoms with van der Waals surface area (Å²) in [4.78, 5) is 23.9. The highest BCUT2D eigenvalue weighted by Crippen LogP contribution is 2.57. The number of hydrogen-bond acceptors (Lipinski definition) is 5. The Morgan fingerprint density at radius 2 is 1.66 bits per heavy atom. The van der Waals surface area contributed by atoms with Crippen molar-refractivity contribution in [1.29, 1.82) is 0 Å². The summed E-state index contributed by atoms with van der Waals surface area (Å²) in [6.45, 7) is 8.60. The molecule has 3 atom stereocenters. The zero-order valence-electron chi connectivity index (χ0n) is 20.9. The smallest absolute Gasteiger partial charge is 0.157 e. The fourth-order valence-electron chi connectivity index (χ4n) is 5.57. The van der Waals surface area contributed by atoms with Gasteiger partial charge < -0.3 is 14.9 Å². The van der Waals surface area contributed by atoms with Gasteiger partial charge in [0.25, 0.3) is 0 Å². The first-order chi connectivity index (χ1) is 16.6. The molecule has 0 spiro atoms. The average molecular weight is 475 g/mol. The van der Waals surface area contributed by atoms with Crippen LogP contribution in [0.25, 0.3) is 0 Å². The number of allylic oxidation sites excluding steroid dienone is 3. The number of rotatable bonds is 3. The highest BCUT2D eigenvalue weighted by Gasteiger charge is 2.49. The number of ether oxygens (including phenoxy) is 1. The number of carbonyl (C=O) groups excluding carboxylic acids is 2. The normalized spacial score (nSPS) is 28.2.